The van der Waals surface area contributed by atoms with Gasteiger partial charge in [-0.2, -0.15) is 0 Å². The molecule has 1 aliphatic heterocycles. The molecule has 0 amide bonds. The zero-order valence-corrected chi connectivity index (χ0v) is 16.1. The summed E-state index contributed by atoms with van der Waals surface area (Å²) in [5, 5.41) is 3.73. The highest BCUT2D eigenvalue weighted by molar-refractivity contribution is 5.82. The molecule has 0 aliphatic carbocycles. The van der Waals surface area contributed by atoms with E-state index in [1.54, 1.807) is 12.7 Å². The van der Waals surface area contributed by atoms with Gasteiger partial charge < -0.3 is 19.6 Å². The van der Waals surface area contributed by atoms with E-state index in [1.165, 1.54) is 0 Å². The molecule has 4 rings (SSSR count). The van der Waals surface area contributed by atoms with Crippen molar-refractivity contribution in [2.24, 2.45) is 0 Å². The van der Waals surface area contributed by atoms with E-state index in [9.17, 15) is 0 Å². The highest BCUT2D eigenvalue weighted by atomic mass is 16.3. The predicted molar refractivity (Wildman–Crippen MR) is 105 cm³/mol. The first kappa shape index (κ1) is 17.9. The number of aryl methyl sites for hydroxylation is 1. The van der Waals surface area contributed by atoms with Crippen LogP contribution in [0, 0.1) is 6.92 Å². The number of furan rings is 1. The number of piperidine rings is 1. The Bertz CT molecular complexity index is 879. The zero-order valence-electron chi connectivity index (χ0n) is 16.1. The molecule has 0 aromatic carbocycles. The van der Waals surface area contributed by atoms with Gasteiger partial charge in [0, 0.05) is 25.7 Å². The Kier molecular flexibility index (Phi) is 5.09. The van der Waals surface area contributed by atoms with Crippen molar-refractivity contribution in [3.8, 4) is 0 Å². The molecule has 8 nitrogen and oxygen atoms in total. The molecular weight excluding hydrogens is 342 g/mol. The maximum atomic E-state index is 5.84. The number of hydrogen-bond acceptors (Lipinski definition) is 7. The summed E-state index contributed by atoms with van der Waals surface area (Å²) in [4.78, 5) is 20.6. The van der Waals surface area contributed by atoms with Gasteiger partial charge in [-0.25, -0.2) is 15.0 Å². The van der Waals surface area contributed by atoms with Crippen molar-refractivity contribution >= 4 is 17.0 Å². The molecule has 1 saturated heterocycles. The van der Waals surface area contributed by atoms with E-state index in [0.29, 0.717) is 6.04 Å². The average Bonchev–Trinajstić information content (AvgIpc) is 3.31. The van der Waals surface area contributed by atoms with Crippen LogP contribution in [0.3, 0.4) is 0 Å². The minimum atomic E-state index is 0.239. The largest absolute Gasteiger partial charge is 0.465 e. The van der Waals surface area contributed by atoms with Crippen LogP contribution in [-0.4, -0.2) is 64.6 Å². The molecule has 0 bridgehead atoms. The molecule has 0 radical (unpaired) electrons. The summed E-state index contributed by atoms with van der Waals surface area (Å²) in [6.45, 7) is 4.80. The predicted octanol–water partition coefficient (Wildman–Crippen LogP) is 2.12. The molecule has 1 atom stereocenters. The lowest BCUT2D eigenvalue weighted by Crippen LogP contribution is -2.45. The smallest absolute Gasteiger partial charge is 0.182 e. The van der Waals surface area contributed by atoms with Crippen molar-refractivity contribution in [1.82, 2.24) is 30.2 Å². The van der Waals surface area contributed by atoms with Gasteiger partial charge in [0.1, 0.15) is 23.4 Å². The lowest BCUT2D eigenvalue weighted by Gasteiger charge is -2.34. The normalized spacial score (nSPS) is 17.1. The molecule has 8 heteroatoms. The van der Waals surface area contributed by atoms with Gasteiger partial charge in [0.15, 0.2) is 11.5 Å². The van der Waals surface area contributed by atoms with Crippen LogP contribution in [0.2, 0.25) is 0 Å². The fourth-order valence-electron chi connectivity index (χ4n) is 3.74. The molecular formula is C19H27N7O. The van der Waals surface area contributed by atoms with Crippen LogP contribution in [0.1, 0.15) is 30.4 Å². The first-order chi connectivity index (χ1) is 13.1. The number of imidazole rings is 1. The maximum Gasteiger partial charge on any atom is 0.182 e. The number of hydrogen-bond donors (Lipinski definition) is 2. The van der Waals surface area contributed by atoms with Gasteiger partial charge in [-0.3, -0.25) is 4.90 Å². The Morgan fingerprint density at radius 1 is 1.26 bits per heavy atom. The number of aromatic nitrogens is 4. The summed E-state index contributed by atoms with van der Waals surface area (Å²) in [6, 6.07) is 4.85. The van der Waals surface area contributed by atoms with E-state index in [1.807, 2.05) is 13.0 Å². The second-order valence-electron chi connectivity index (χ2n) is 7.40. The van der Waals surface area contributed by atoms with E-state index in [2.05, 4.69) is 55.2 Å². The summed E-state index contributed by atoms with van der Waals surface area (Å²) in [7, 11) is 4.19. The molecule has 144 valence electrons. The molecule has 2 N–H and O–H groups in total. The van der Waals surface area contributed by atoms with Gasteiger partial charge in [0.05, 0.1) is 12.4 Å². The Balaban J connectivity index is 1.35. The molecule has 0 saturated carbocycles. The van der Waals surface area contributed by atoms with Crippen LogP contribution in [0.25, 0.3) is 11.2 Å². The quantitative estimate of drug-likeness (QED) is 0.688. The van der Waals surface area contributed by atoms with E-state index >= 15 is 0 Å². The van der Waals surface area contributed by atoms with Crippen LogP contribution in [-0.2, 0) is 0 Å². The fourth-order valence-corrected chi connectivity index (χ4v) is 3.74. The van der Waals surface area contributed by atoms with Gasteiger partial charge in [-0.1, -0.05) is 0 Å². The highest BCUT2D eigenvalue weighted by Crippen LogP contribution is 2.24. The minimum absolute atomic E-state index is 0.239. The molecule has 3 aromatic heterocycles. The summed E-state index contributed by atoms with van der Waals surface area (Å²) >= 11 is 0. The van der Waals surface area contributed by atoms with Crippen molar-refractivity contribution in [1.29, 1.82) is 0 Å². The maximum absolute atomic E-state index is 5.84. The Morgan fingerprint density at radius 2 is 2.07 bits per heavy atom. The number of fused-ring (bicyclic) bond motifs is 1. The first-order valence-electron chi connectivity index (χ1n) is 9.47. The van der Waals surface area contributed by atoms with Crippen molar-refractivity contribution in [2.75, 3.05) is 38.6 Å². The van der Waals surface area contributed by atoms with Crippen LogP contribution in [0.5, 0.6) is 0 Å². The monoisotopic (exact) mass is 369 g/mol. The third kappa shape index (κ3) is 3.81. The van der Waals surface area contributed by atoms with E-state index < -0.39 is 0 Å². The van der Waals surface area contributed by atoms with Gasteiger partial charge in [-0.15, -0.1) is 0 Å². The van der Waals surface area contributed by atoms with Crippen molar-refractivity contribution in [2.45, 2.75) is 31.8 Å². The SMILES string of the molecule is Cc1ccc(C(CNC2CCN(c3ncnc4nc[nH]c34)CC2)N(C)C)o1. The van der Waals surface area contributed by atoms with Gasteiger partial charge in [-0.05, 0) is 46.0 Å². The Morgan fingerprint density at radius 3 is 2.78 bits per heavy atom. The number of nitrogens with one attached hydrogen (secondary N) is 2. The summed E-state index contributed by atoms with van der Waals surface area (Å²) in [6.07, 6.45) is 5.43. The number of rotatable bonds is 6. The molecule has 3 aromatic rings. The second kappa shape index (κ2) is 7.66. The number of anilines is 1. The van der Waals surface area contributed by atoms with E-state index in [0.717, 1.165) is 61.0 Å². The zero-order chi connectivity index (χ0) is 18.8. The van der Waals surface area contributed by atoms with E-state index in [4.69, 9.17) is 4.42 Å². The number of aromatic amines is 1. The summed E-state index contributed by atoms with van der Waals surface area (Å²) in [5.74, 6) is 2.93. The third-order valence-electron chi connectivity index (χ3n) is 5.31. The van der Waals surface area contributed by atoms with Crippen molar-refractivity contribution in [3.05, 3.63) is 36.3 Å². The second-order valence-corrected chi connectivity index (χ2v) is 7.40. The minimum Gasteiger partial charge on any atom is -0.465 e. The lowest BCUT2D eigenvalue weighted by atomic mass is 10.0. The number of nitrogens with zero attached hydrogens (tertiary/aromatic N) is 5. The molecule has 1 fully saturated rings. The van der Waals surface area contributed by atoms with Crippen LogP contribution in [0.15, 0.2) is 29.2 Å². The summed E-state index contributed by atoms with van der Waals surface area (Å²) in [5.41, 5.74) is 1.65. The third-order valence-corrected chi connectivity index (χ3v) is 5.31. The fraction of sp³-hybridized carbons (Fsp3) is 0.526. The van der Waals surface area contributed by atoms with Crippen LogP contribution < -0.4 is 10.2 Å². The van der Waals surface area contributed by atoms with Crippen molar-refractivity contribution in [3.63, 3.8) is 0 Å². The standard InChI is InChI=1S/C19H27N7O/c1-13-4-5-16(27-13)15(25(2)3)10-20-14-6-8-26(9-7-14)19-17-18(22-11-21-17)23-12-24-19/h4-5,11-12,14-15,20H,6-10H2,1-3H3,(H,21,22,23,24). The number of H-pyrrole nitrogens is 1. The highest BCUT2D eigenvalue weighted by Gasteiger charge is 2.24. The molecule has 27 heavy (non-hydrogen) atoms. The van der Waals surface area contributed by atoms with Crippen LogP contribution in [0.4, 0.5) is 5.82 Å². The summed E-state index contributed by atoms with van der Waals surface area (Å²) < 4.78 is 5.84. The van der Waals surface area contributed by atoms with Gasteiger partial charge >= 0.3 is 0 Å². The van der Waals surface area contributed by atoms with Gasteiger partial charge in [0.2, 0.25) is 0 Å². The van der Waals surface area contributed by atoms with Gasteiger partial charge in [0.25, 0.3) is 0 Å². The average molecular weight is 369 g/mol. The molecule has 4 heterocycles. The number of likely N-dealkylation sites (N-methyl/N-ethyl adjacent to an activating group) is 1. The van der Waals surface area contributed by atoms with E-state index in [-0.39, 0.29) is 6.04 Å². The molecule has 0 spiro atoms. The Hall–Kier alpha value is -2.45. The van der Waals surface area contributed by atoms with Crippen LogP contribution >= 0.6 is 0 Å². The Labute approximate surface area is 159 Å². The topological polar surface area (TPSA) is 86.1 Å². The first-order valence-corrected chi connectivity index (χ1v) is 9.47. The molecule has 1 aliphatic rings. The van der Waals surface area contributed by atoms with Crippen molar-refractivity contribution < 1.29 is 4.42 Å². The molecule has 1 unspecified atom stereocenters. The lowest BCUT2D eigenvalue weighted by molar-refractivity contribution is 0.236.